The molecule has 2 heterocycles. The predicted octanol–water partition coefficient (Wildman–Crippen LogP) is 4.57. The highest BCUT2D eigenvalue weighted by atomic mass is 16.5. The lowest BCUT2D eigenvalue weighted by Gasteiger charge is -2.62. The van der Waals surface area contributed by atoms with Crippen LogP contribution in [-0.2, 0) is 14.3 Å². The Morgan fingerprint density at radius 1 is 1.10 bits per heavy atom. The van der Waals surface area contributed by atoms with Gasteiger partial charge in [-0.2, -0.15) is 0 Å². The van der Waals surface area contributed by atoms with Crippen molar-refractivity contribution in [1.82, 2.24) is 11.1 Å². The zero-order chi connectivity index (χ0) is 26.7. The third-order valence-electron chi connectivity index (χ3n) is 13.1. The van der Waals surface area contributed by atoms with Crippen LogP contribution < -0.4 is 6.15 Å². The Morgan fingerprint density at radius 3 is 2.49 bits per heavy atom. The fourth-order valence-electron chi connectivity index (χ4n) is 11.3. The molecule has 6 fully saturated rings. The summed E-state index contributed by atoms with van der Waals surface area (Å²) in [5.41, 5.74) is 0.343. The quantitative estimate of drug-likeness (QED) is 0.298. The Balaban J connectivity index is 0.00000308. The molecular weight excluding hydrogens is 490 g/mol. The number of morpholine rings is 1. The molecule has 10 atom stereocenters. The van der Waals surface area contributed by atoms with Gasteiger partial charge < -0.3 is 25.2 Å². The van der Waals surface area contributed by atoms with Crippen LogP contribution in [0.4, 0.5) is 0 Å². The van der Waals surface area contributed by atoms with Crippen LogP contribution in [0.25, 0.3) is 0 Å². The average molecular weight is 547 g/mol. The third-order valence-corrected chi connectivity index (χ3v) is 13.1. The smallest absolute Gasteiger partial charge is 0.303 e. The minimum Gasteiger partial charge on any atom is -0.456 e. The molecule has 6 aliphatic rings. The zero-order valence-corrected chi connectivity index (χ0v) is 25.0. The zero-order valence-electron chi connectivity index (χ0n) is 25.0. The van der Waals surface area contributed by atoms with E-state index in [2.05, 4.69) is 31.4 Å². The van der Waals surface area contributed by atoms with E-state index >= 15 is 0 Å². The predicted molar refractivity (Wildman–Crippen MR) is 153 cm³/mol. The van der Waals surface area contributed by atoms with Gasteiger partial charge in [0.05, 0.1) is 39.0 Å². The largest absolute Gasteiger partial charge is 0.456 e. The molecule has 2 aliphatic heterocycles. The van der Waals surface area contributed by atoms with Crippen molar-refractivity contribution in [2.45, 2.75) is 103 Å². The molecule has 4 aliphatic carbocycles. The summed E-state index contributed by atoms with van der Waals surface area (Å²) in [6.45, 7) is 17.7. The molecule has 0 aromatic carbocycles. The second kappa shape index (κ2) is 11.0. The number of aliphatic hydroxyl groups excluding tert-OH is 1. The molecule has 222 valence electrons. The van der Waals surface area contributed by atoms with Crippen LogP contribution in [0.1, 0.15) is 78.6 Å². The van der Waals surface area contributed by atoms with E-state index in [1.54, 1.807) is 6.92 Å². The van der Waals surface area contributed by atoms with E-state index in [0.717, 1.165) is 56.6 Å². The van der Waals surface area contributed by atoms with Crippen molar-refractivity contribution in [3.8, 4) is 0 Å². The van der Waals surface area contributed by atoms with Crippen molar-refractivity contribution >= 4 is 5.97 Å². The van der Waals surface area contributed by atoms with Crippen LogP contribution in [-0.4, -0.2) is 90.7 Å². The molecule has 0 aromatic rings. The van der Waals surface area contributed by atoms with Gasteiger partial charge in [-0.05, 0) is 73.7 Å². The van der Waals surface area contributed by atoms with Gasteiger partial charge in [-0.3, -0.25) is 9.69 Å². The van der Waals surface area contributed by atoms with Crippen LogP contribution in [0.15, 0.2) is 12.7 Å². The molecule has 4 N–H and O–H groups in total. The summed E-state index contributed by atoms with van der Waals surface area (Å²) in [4.78, 5) is 15.0. The first-order chi connectivity index (χ1) is 18.2. The van der Waals surface area contributed by atoms with E-state index in [1.807, 2.05) is 0 Å². The molecule has 6 rings (SSSR count). The van der Waals surface area contributed by atoms with Gasteiger partial charge >= 0.3 is 5.97 Å². The van der Waals surface area contributed by atoms with Crippen molar-refractivity contribution in [1.29, 1.82) is 0 Å². The van der Waals surface area contributed by atoms with Gasteiger partial charge in [0.2, 0.25) is 0 Å². The second-order valence-corrected chi connectivity index (χ2v) is 14.6. The van der Waals surface area contributed by atoms with Gasteiger partial charge in [0.15, 0.2) is 6.10 Å². The van der Waals surface area contributed by atoms with Crippen molar-refractivity contribution < 1.29 is 23.9 Å². The monoisotopic (exact) mass is 546 g/mol. The standard InChI is InChI=1S/C32H53N2O4.H3N/c1-5-14-34(15-6-7-16-34)28-20-26-24-9-8-23-19-29(36)27(33-12-17-37-18-13-33)21-32(23,4)25(24)10-11-31(26,3)30(28)38-22(2)35;/h5,23-30,36H,1,6-21H2,2-4H3;1H3/q+1;/t23-,24+,25-,26-,27-,28-,29-,30-,31-,32-;/m0./s1. The first-order valence-electron chi connectivity index (χ1n) is 15.9. The summed E-state index contributed by atoms with van der Waals surface area (Å²) in [7, 11) is 0. The lowest BCUT2D eigenvalue weighted by molar-refractivity contribution is -0.937. The number of ether oxygens (including phenoxy) is 2. The maximum absolute atomic E-state index is 12.5. The highest BCUT2D eigenvalue weighted by molar-refractivity contribution is 5.66. The molecule has 7 nitrogen and oxygen atoms in total. The van der Waals surface area contributed by atoms with Crippen LogP contribution in [0, 0.1) is 34.5 Å². The summed E-state index contributed by atoms with van der Waals surface area (Å²) in [6, 6.07) is 0.663. The fourth-order valence-corrected chi connectivity index (χ4v) is 11.3. The Bertz CT molecular complexity index is 902. The van der Waals surface area contributed by atoms with Crippen LogP contribution in [0.3, 0.4) is 0 Å². The minimum absolute atomic E-state index is 0. The number of nitrogens with zero attached hydrogens (tertiary/aromatic N) is 2. The maximum Gasteiger partial charge on any atom is 0.303 e. The lowest BCUT2D eigenvalue weighted by atomic mass is 9.44. The topological polar surface area (TPSA) is 94.0 Å². The highest BCUT2D eigenvalue weighted by Gasteiger charge is 2.67. The van der Waals surface area contributed by atoms with Gasteiger partial charge in [0.25, 0.3) is 0 Å². The van der Waals surface area contributed by atoms with E-state index in [-0.39, 0.29) is 41.2 Å². The summed E-state index contributed by atoms with van der Waals surface area (Å²) < 4.78 is 13.1. The molecule has 0 amide bonds. The molecule has 0 radical (unpaired) electrons. The molecule has 7 heteroatoms. The van der Waals surface area contributed by atoms with E-state index in [0.29, 0.717) is 29.7 Å². The molecule has 4 saturated carbocycles. The minimum atomic E-state index is -0.209. The highest BCUT2D eigenvalue weighted by Crippen LogP contribution is 2.67. The van der Waals surface area contributed by atoms with Crippen molar-refractivity contribution in [3.05, 3.63) is 12.7 Å². The summed E-state index contributed by atoms with van der Waals surface area (Å²) >= 11 is 0. The number of hydrogen-bond donors (Lipinski definition) is 2. The number of likely N-dealkylation sites (tertiary alicyclic amines) is 1. The van der Waals surface area contributed by atoms with Gasteiger partial charge in [-0.1, -0.05) is 20.4 Å². The van der Waals surface area contributed by atoms with E-state index in [1.165, 1.54) is 51.6 Å². The Morgan fingerprint density at radius 2 is 1.82 bits per heavy atom. The SMILES string of the molecule is C=CC[N+]1([C@H]2C[C@H]3[C@@H]4CC[C@H]5C[C@H](O)[C@@H](N6CCOCC6)C[C@]5(C)[C@H]4CC[C@]3(C)[C@H]2OC(C)=O)CCCC1.N. The summed E-state index contributed by atoms with van der Waals surface area (Å²) in [6.07, 6.45) is 12.7. The first kappa shape index (κ1) is 29.5. The molecular formula is C32H56N3O4+. The van der Waals surface area contributed by atoms with Crippen molar-refractivity contribution in [3.63, 3.8) is 0 Å². The van der Waals surface area contributed by atoms with E-state index < -0.39 is 0 Å². The third kappa shape index (κ3) is 4.72. The van der Waals surface area contributed by atoms with Crippen LogP contribution in [0.5, 0.6) is 0 Å². The van der Waals surface area contributed by atoms with Crippen LogP contribution in [0.2, 0.25) is 0 Å². The fraction of sp³-hybridized carbons (Fsp3) is 0.906. The molecule has 39 heavy (non-hydrogen) atoms. The number of carbonyl (C=O) groups excluding carboxylic acids is 1. The number of quaternary nitrogens is 1. The lowest BCUT2D eigenvalue weighted by Crippen LogP contribution is -2.61. The Labute approximate surface area is 236 Å². The second-order valence-electron chi connectivity index (χ2n) is 14.6. The van der Waals surface area contributed by atoms with Gasteiger partial charge in [0, 0.05) is 50.7 Å². The number of hydrogen-bond acceptors (Lipinski definition) is 6. The Hall–Kier alpha value is -0.990. The summed E-state index contributed by atoms with van der Waals surface area (Å²) in [5.74, 6) is 2.54. The molecule has 0 unspecified atom stereocenters. The van der Waals surface area contributed by atoms with E-state index in [4.69, 9.17) is 9.47 Å². The van der Waals surface area contributed by atoms with E-state index in [9.17, 15) is 9.90 Å². The number of esters is 1. The number of rotatable bonds is 5. The maximum atomic E-state index is 12.5. The number of carbonyl (C=O) groups is 1. The van der Waals surface area contributed by atoms with Crippen LogP contribution >= 0.6 is 0 Å². The number of aliphatic hydroxyl groups is 1. The average Bonchev–Trinajstić information content (AvgIpc) is 3.48. The van der Waals surface area contributed by atoms with Gasteiger partial charge in [-0.25, -0.2) is 0 Å². The van der Waals surface area contributed by atoms with Gasteiger partial charge in [-0.15, -0.1) is 0 Å². The molecule has 0 spiro atoms. The van der Waals surface area contributed by atoms with Gasteiger partial charge in [0.1, 0.15) is 6.04 Å². The van der Waals surface area contributed by atoms with Crippen molar-refractivity contribution in [2.75, 3.05) is 45.9 Å². The summed E-state index contributed by atoms with van der Waals surface area (Å²) in [5, 5.41) is 11.3. The molecule has 0 aromatic heterocycles. The molecule has 2 saturated heterocycles. The van der Waals surface area contributed by atoms with Crippen molar-refractivity contribution in [2.24, 2.45) is 34.5 Å². The number of fused-ring (bicyclic) bond motifs is 5. The normalized spacial score (nSPS) is 47.3. The Kier molecular flexibility index (Phi) is 8.33. The first-order valence-corrected chi connectivity index (χ1v) is 15.9. The molecule has 0 bridgehead atoms.